The number of carbonyl (C=O) groups is 1. The summed E-state index contributed by atoms with van der Waals surface area (Å²) in [5.41, 5.74) is -1.85. The maximum Gasteiger partial charge on any atom is 0.417 e. The molecule has 1 N–H and O–H groups in total. The second-order valence-electron chi connectivity index (χ2n) is 4.05. The number of halogens is 5. The Bertz CT molecular complexity index is 716. The maximum atomic E-state index is 13.7. The van der Waals surface area contributed by atoms with Gasteiger partial charge in [-0.05, 0) is 24.3 Å². The molecule has 1 aromatic heterocycles. The number of hydrogen-bond donors (Lipinski definition) is 1. The smallest absolute Gasteiger partial charge is 0.417 e. The summed E-state index contributed by atoms with van der Waals surface area (Å²) in [5.74, 6) is -2.14. The fourth-order valence-corrected chi connectivity index (χ4v) is 1.90. The van der Waals surface area contributed by atoms with Crippen molar-refractivity contribution in [2.45, 2.75) is 6.18 Å². The summed E-state index contributed by atoms with van der Waals surface area (Å²) in [6.07, 6.45) is -4.12. The van der Waals surface area contributed by atoms with Crippen molar-refractivity contribution in [3.05, 3.63) is 52.4 Å². The fraction of sp³-hybridized carbons (Fsp3) is 0.0769. The van der Waals surface area contributed by atoms with Gasteiger partial charge in [-0.3, -0.25) is 4.98 Å². The highest BCUT2D eigenvalue weighted by molar-refractivity contribution is 6.33. The summed E-state index contributed by atoms with van der Waals surface area (Å²) in [4.78, 5) is 14.3. The van der Waals surface area contributed by atoms with Gasteiger partial charge < -0.3 is 5.11 Å². The first-order valence-corrected chi connectivity index (χ1v) is 5.84. The zero-order valence-electron chi connectivity index (χ0n) is 10.1. The van der Waals surface area contributed by atoms with E-state index < -0.39 is 28.5 Å². The molecule has 0 fully saturated rings. The van der Waals surface area contributed by atoms with Crippen LogP contribution in [0.2, 0.25) is 5.02 Å². The van der Waals surface area contributed by atoms with Crippen LogP contribution in [0, 0.1) is 5.82 Å². The van der Waals surface area contributed by atoms with E-state index in [-0.39, 0.29) is 16.8 Å². The van der Waals surface area contributed by atoms with Crippen LogP contribution in [0.4, 0.5) is 17.6 Å². The van der Waals surface area contributed by atoms with Gasteiger partial charge in [0.2, 0.25) is 0 Å². The van der Waals surface area contributed by atoms with E-state index in [0.29, 0.717) is 12.3 Å². The Labute approximate surface area is 120 Å². The Morgan fingerprint density at radius 3 is 2.43 bits per heavy atom. The van der Waals surface area contributed by atoms with Gasteiger partial charge >= 0.3 is 12.1 Å². The lowest BCUT2D eigenvalue weighted by Gasteiger charge is -2.10. The Morgan fingerprint density at radius 2 is 1.90 bits per heavy atom. The van der Waals surface area contributed by atoms with Crippen molar-refractivity contribution in [1.82, 2.24) is 4.98 Å². The SMILES string of the molecule is O=C(O)c1ccc(F)c(-c2ncc(C(F)(F)F)cc2Cl)c1. The second-order valence-corrected chi connectivity index (χ2v) is 4.46. The highest BCUT2D eigenvalue weighted by atomic mass is 35.5. The quantitative estimate of drug-likeness (QED) is 0.841. The summed E-state index contributed by atoms with van der Waals surface area (Å²) < 4.78 is 51.2. The average molecular weight is 320 g/mol. The molecule has 8 heteroatoms. The standard InChI is InChI=1S/C13H6ClF4NO2/c14-9-4-7(13(16,17)18)5-19-11(9)8-3-6(12(20)21)1-2-10(8)15/h1-5H,(H,20,21). The molecule has 0 radical (unpaired) electrons. The molecule has 0 saturated heterocycles. The summed E-state index contributed by atoms with van der Waals surface area (Å²) in [5, 5.41) is 8.42. The van der Waals surface area contributed by atoms with Crippen LogP contribution in [-0.2, 0) is 6.18 Å². The predicted molar refractivity (Wildman–Crippen MR) is 66.6 cm³/mol. The molecule has 0 aliphatic heterocycles. The molecule has 0 amide bonds. The average Bonchev–Trinajstić information content (AvgIpc) is 2.38. The van der Waals surface area contributed by atoms with Crippen LogP contribution in [-0.4, -0.2) is 16.1 Å². The fourth-order valence-electron chi connectivity index (χ4n) is 1.63. The van der Waals surface area contributed by atoms with E-state index in [1.807, 2.05) is 0 Å². The van der Waals surface area contributed by atoms with E-state index in [0.717, 1.165) is 18.2 Å². The number of pyridine rings is 1. The monoisotopic (exact) mass is 319 g/mol. The number of hydrogen-bond acceptors (Lipinski definition) is 2. The second kappa shape index (κ2) is 5.33. The summed E-state index contributed by atoms with van der Waals surface area (Å²) >= 11 is 5.70. The largest absolute Gasteiger partial charge is 0.478 e. The van der Waals surface area contributed by atoms with Crippen molar-refractivity contribution >= 4 is 17.6 Å². The van der Waals surface area contributed by atoms with Gasteiger partial charge in [-0.15, -0.1) is 0 Å². The Hall–Kier alpha value is -2.15. The first-order valence-electron chi connectivity index (χ1n) is 5.46. The topological polar surface area (TPSA) is 50.2 Å². The number of aromatic nitrogens is 1. The van der Waals surface area contributed by atoms with Crippen LogP contribution in [0.15, 0.2) is 30.5 Å². The molecule has 0 aliphatic carbocycles. The molecule has 0 atom stereocenters. The Kier molecular flexibility index (Phi) is 3.87. The van der Waals surface area contributed by atoms with Gasteiger partial charge in [0.05, 0.1) is 21.8 Å². The van der Waals surface area contributed by atoms with Crippen molar-refractivity contribution in [3.63, 3.8) is 0 Å². The molecular formula is C13H6ClF4NO2. The number of rotatable bonds is 2. The molecule has 2 aromatic rings. The van der Waals surface area contributed by atoms with Gasteiger partial charge in [-0.2, -0.15) is 13.2 Å². The van der Waals surface area contributed by atoms with Gasteiger partial charge in [0.25, 0.3) is 0 Å². The molecule has 2 rings (SSSR count). The van der Waals surface area contributed by atoms with Crippen LogP contribution < -0.4 is 0 Å². The van der Waals surface area contributed by atoms with Gasteiger partial charge in [0, 0.05) is 11.8 Å². The molecule has 0 unspecified atom stereocenters. The summed E-state index contributed by atoms with van der Waals surface area (Å²) in [6.45, 7) is 0. The zero-order valence-corrected chi connectivity index (χ0v) is 10.8. The van der Waals surface area contributed by atoms with Crippen molar-refractivity contribution < 1.29 is 27.5 Å². The number of alkyl halides is 3. The summed E-state index contributed by atoms with van der Waals surface area (Å²) in [6, 6.07) is 3.48. The maximum absolute atomic E-state index is 13.7. The summed E-state index contributed by atoms with van der Waals surface area (Å²) in [7, 11) is 0. The highest BCUT2D eigenvalue weighted by Crippen LogP contribution is 2.34. The van der Waals surface area contributed by atoms with Crippen LogP contribution in [0.3, 0.4) is 0 Å². The molecule has 3 nitrogen and oxygen atoms in total. The molecule has 21 heavy (non-hydrogen) atoms. The van der Waals surface area contributed by atoms with Gasteiger partial charge in [-0.25, -0.2) is 9.18 Å². The van der Waals surface area contributed by atoms with E-state index in [1.54, 1.807) is 0 Å². The van der Waals surface area contributed by atoms with Crippen molar-refractivity contribution in [3.8, 4) is 11.3 Å². The third-order valence-electron chi connectivity index (χ3n) is 2.64. The molecule has 1 aromatic carbocycles. The van der Waals surface area contributed by atoms with E-state index in [1.165, 1.54) is 0 Å². The lowest BCUT2D eigenvalue weighted by molar-refractivity contribution is -0.137. The lowest BCUT2D eigenvalue weighted by atomic mass is 10.1. The minimum absolute atomic E-state index is 0.232. The van der Waals surface area contributed by atoms with Gasteiger partial charge in [-0.1, -0.05) is 11.6 Å². The molecule has 0 bridgehead atoms. The van der Waals surface area contributed by atoms with Crippen molar-refractivity contribution in [1.29, 1.82) is 0 Å². The lowest BCUT2D eigenvalue weighted by Crippen LogP contribution is -2.06. The molecule has 0 aliphatic rings. The minimum Gasteiger partial charge on any atom is -0.478 e. The van der Waals surface area contributed by atoms with Crippen LogP contribution in [0.25, 0.3) is 11.3 Å². The number of benzene rings is 1. The van der Waals surface area contributed by atoms with Crippen LogP contribution in [0.5, 0.6) is 0 Å². The van der Waals surface area contributed by atoms with Crippen LogP contribution in [0.1, 0.15) is 15.9 Å². The molecule has 1 heterocycles. The first kappa shape index (κ1) is 15.2. The first-order chi connectivity index (χ1) is 9.70. The number of nitrogens with zero attached hydrogens (tertiary/aromatic N) is 1. The van der Waals surface area contributed by atoms with Gasteiger partial charge in [0.15, 0.2) is 0 Å². The van der Waals surface area contributed by atoms with E-state index in [4.69, 9.17) is 16.7 Å². The number of carboxylic acids is 1. The predicted octanol–water partition coefficient (Wildman–Crippen LogP) is 4.26. The number of aromatic carboxylic acids is 1. The Morgan fingerprint density at radius 1 is 1.24 bits per heavy atom. The van der Waals surface area contributed by atoms with Crippen molar-refractivity contribution in [2.75, 3.05) is 0 Å². The molecule has 0 saturated carbocycles. The minimum atomic E-state index is -4.63. The third kappa shape index (κ3) is 3.13. The zero-order chi connectivity index (χ0) is 15.8. The van der Waals surface area contributed by atoms with Gasteiger partial charge in [0.1, 0.15) is 5.82 Å². The third-order valence-corrected chi connectivity index (χ3v) is 2.93. The van der Waals surface area contributed by atoms with E-state index >= 15 is 0 Å². The van der Waals surface area contributed by atoms with Crippen molar-refractivity contribution in [2.24, 2.45) is 0 Å². The van der Waals surface area contributed by atoms with E-state index in [2.05, 4.69) is 4.98 Å². The molecular weight excluding hydrogens is 314 g/mol. The van der Waals surface area contributed by atoms with E-state index in [9.17, 15) is 22.4 Å². The number of carboxylic acid groups (broad SMARTS) is 1. The normalized spacial score (nSPS) is 11.5. The molecule has 0 spiro atoms. The highest BCUT2D eigenvalue weighted by Gasteiger charge is 2.31. The molecule has 110 valence electrons. The Balaban J connectivity index is 2.57. The van der Waals surface area contributed by atoms with Crippen LogP contribution >= 0.6 is 11.6 Å².